The normalized spacial score (nSPS) is 17.8. The fourth-order valence-electron chi connectivity index (χ4n) is 2.71. The Kier molecular flexibility index (Phi) is 3.77. The number of hydrogen-bond acceptors (Lipinski definition) is 4. The molecule has 1 aliphatic heterocycles. The molecule has 5 nitrogen and oxygen atoms in total. The Bertz CT molecular complexity index is 632. The largest absolute Gasteiger partial charge is 0.348 e. The Labute approximate surface area is 121 Å². The first-order chi connectivity index (χ1) is 10.3. The minimum Gasteiger partial charge on any atom is -0.348 e. The van der Waals surface area contributed by atoms with Crippen LogP contribution in [0.15, 0.2) is 36.7 Å². The molecule has 1 aliphatic rings. The molecule has 1 fully saturated rings. The molecule has 1 aromatic carbocycles. The number of nitrogens with zero attached hydrogens (tertiary/aromatic N) is 3. The van der Waals surface area contributed by atoms with E-state index < -0.39 is 0 Å². The monoisotopic (exact) mass is 286 g/mol. The van der Waals surface area contributed by atoms with Gasteiger partial charge in [-0.2, -0.15) is 0 Å². The van der Waals surface area contributed by atoms with Gasteiger partial charge >= 0.3 is 0 Å². The molecule has 21 heavy (non-hydrogen) atoms. The lowest BCUT2D eigenvalue weighted by atomic mass is 10.0. The number of carbonyl (C=O) groups excluding carboxylic acids is 1. The summed E-state index contributed by atoms with van der Waals surface area (Å²) in [6, 6.07) is 6.78. The number of benzene rings is 1. The summed E-state index contributed by atoms with van der Waals surface area (Å²) < 4.78 is 13.4. The molecule has 0 bridgehead atoms. The summed E-state index contributed by atoms with van der Waals surface area (Å²) in [6.07, 6.45) is 5.69. The number of halogens is 1. The summed E-state index contributed by atoms with van der Waals surface area (Å²) in [4.78, 5) is 20.9. The maximum atomic E-state index is 13.4. The van der Waals surface area contributed by atoms with Crippen molar-refractivity contribution < 1.29 is 9.18 Å². The molecule has 1 saturated heterocycles. The number of aromatic nitrogens is 2. The predicted molar refractivity (Wildman–Crippen MR) is 77.4 cm³/mol. The van der Waals surface area contributed by atoms with Crippen molar-refractivity contribution in [3.05, 3.63) is 48.0 Å². The van der Waals surface area contributed by atoms with Crippen LogP contribution in [0.2, 0.25) is 0 Å². The molecule has 1 unspecified atom stereocenters. The third-order valence-corrected chi connectivity index (χ3v) is 3.63. The first-order valence-corrected chi connectivity index (χ1v) is 6.82. The van der Waals surface area contributed by atoms with Crippen molar-refractivity contribution in [2.45, 2.75) is 18.9 Å². The van der Waals surface area contributed by atoms with Gasteiger partial charge in [0.05, 0.1) is 18.4 Å². The summed E-state index contributed by atoms with van der Waals surface area (Å²) in [5.41, 5.74) is 0.949. The topological polar surface area (TPSA) is 58.1 Å². The predicted octanol–water partition coefficient (Wildman–Crippen LogP) is 2.53. The molecule has 108 valence electrons. The first-order valence-electron chi connectivity index (χ1n) is 6.82. The van der Waals surface area contributed by atoms with Crippen molar-refractivity contribution in [3.63, 3.8) is 0 Å². The van der Waals surface area contributed by atoms with Gasteiger partial charge in [-0.1, -0.05) is 12.1 Å². The van der Waals surface area contributed by atoms with Crippen molar-refractivity contribution in [3.8, 4) is 0 Å². The van der Waals surface area contributed by atoms with Gasteiger partial charge in [0.15, 0.2) is 5.82 Å². The van der Waals surface area contributed by atoms with Gasteiger partial charge in [-0.3, -0.25) is 4.79 Å². The summed E-state index contributed by atoms with van der Waals surface area (Å²) in [5, 5.41) is 2.45. The van der Waals surface area contributed by atoms with E-state index in [0.717, 1.165) is 30.8 Å². The third kappa shape index (κ3) is 2.84. The molecule has 0 aliphatic carbocycles. The van der Waals surface area contributed by atoms with E-state index in [0.29, 0.717) is 12.2 Å². The Morgan fingerprint density at radius 1 is 1.33 bits per heavy atom. The Morgan fingerprint density at radius 2 is 2.24 bits per heavy atom. The van der Waals surface area contributed by atoms with E-state index in [1.165, 1.54) is 12.3 Å². The Morgan fingerprint density at radius 3 is 2.95 bits per heavy atom. The highest BCUT2D eigenvalue weighted by Crippen LogP contribution is 2.35. The van der Waals surface area contributed by atoms with Crippen molar-refractivity contribution >= 4 is 18.0 Å². The van der Waals surface area contributed by atoms with Crippen LogP contribution in [-0.2, 0) is 4.79 Å². The third-order valence-electron chi connectivity index (χ3n) is 3.63. The van der Waals surface area contributed by atoms with Gasteiger partial charge < -0.3 is 10.2 Å². The smallest absolute Gasteiger partial charge is 0.212 e. The molecule has 1 atom stereocenters. The van der Waals surface area contributed by atoms with Crippen LogP contribution in [0.4, 0.5) is 16.0 Å². The van der Waals surface area contributed by atoms with Gasteiger partial charge in [-0.25, -0.2) is 14.4 Å². The van der Waals surface area contributed by atoms with Gasteiger partial charge in [-0.15, -0.1) is 0 Å². The zero-order chi connectivity index (χ0) is 14.7. The molecule has 0 radical (unpaired) electrons. The second kappa shape index (κ2) is 5.87. The van der Waals surface area contributed by atoms with Crippen LogP contribution < -0.4 is 10.2 Å². The van der Waals surface area contributed by atoms with Crippen LogP contribution >= 0.6 is 0 Å². The molecular weight excluding hydrogens is 271 g/mol. The fraction of sp³-hybridized carbons (Fsp3) is 0.267. The van der Waals surface area contributed by atoms with E-state index >= 15 is 0 Å². The second-order valence-corrected chi connectivity index (χ2v) is 4.93. The highest BCUT2D eigenvalue weighted by molar-refractivity contribution is 5.68. The van der Waals surface area contributed by atoms with Gasteiger partial charge in [-0.05, 0) is 30.5 Å². The van der Waals surface area contributed by atoms with Crippen molar-refractivity contribution in [2.24, 2.45) is 0 Å². The molecule has 0 spiro atoms. The lowest BCUT2D eigenvalue weighted by Gasteiger charge is -2.25. The van der Waals surface area contributed by atoms with Gasteiger partial charge in [0.1, 0.15) is 11.6 Å². The van der Waals surface area contributed by atoms with Crippen LogP contribution in [0.25, 0.3) is 0 Å². The average Bonchev–Trinajstić information content (AvgIpc) is 2.98. The number of rotatable bonds is 4. The summed E-state index contributed by atoms with van der Waals surface area (Å²) in [6.45, 7) is 0.857. The summed E-state index contributed by atoms with van der Waals surface area (Å²) >= 11 is 0. The van der Waals surface area contributed by atoms with E-state index in [9.17, 15) is 9.18 Å². The van der Waals surface area contributed by atoms with Gasteiger partial charge in [0, 0.05) is 6.54 Å². The molecule has 0 saturated carbocycles. The molecular formula is C15H15FN4O. The number of nitrogens with one attached hydrogen (secondary N) is 1. The van der Waals surface area contributed by atoms with E-state index in [4.69, 9.17) is 0 Å². The molecule has 1 amide bonds. The number of amides is 1. The zero-order valence-corrected chi connectivity index (χ0v) is 11.4. The minimum atomic E-state index is -0.226. The zero-order valence-electron chi connectivity index (χ0n) is 11.4. The van der Waals surface area contributed by atoms with Crippen LogP contribution in [-0.4, -0.2) is 22.9 Å². The maximum Gasteiger partial charge on any atom is 0.212 e. The van der Waals surface area contributed by atoms with Crippen molar-refractivity contribution in [1.29, 1.82) is 0 Å². The highest BCUT2D eigenvalue weighted by Gasteiger charge is 2.27. The van der Waals surface area contributed by atoms with E-state index in [1.54, 1.807) is 18.3 Å². The van der Waals surface area contributed by atoms with Crippen LogP contribution in [0, 0.1) is 5.82 Å². The quantitative estimate of drug-likeness (QED) is 0.877. The highest BCUT2D eigenvalue weighted by atomic mass is 19.1. The van der Waals surface area contributed by atoms with Gasteiger partial charge in [0.25, 0.3) is 0 Å². The van der Waals surface area contributed by atoms with E-state index in [2.05, 4.69) is 20.2 Å². The van der Waals surface area contributed by atoms with Gasteiger partial charge in [0.2, 0.25) is 6.41 Å². The molecule has 1 aromatic heterocycles. The van der Waals surface area contributed by atoms with Crippen molar-refractivity contribution in [2.75, 3.05) is 16.8 Å². The lowest BCUT2D eigenvalue weighted by molar-refractivity contribution is -0.105. The molecule has 2 heterocycles. The number of carbonyl (C=O) groups is 1. The van der Waals surface area contributed by atoms with Crippen molar-refractivity contribution in [1.82, 2.24) is 9.97 Å². The summed E-state index contributed by atoms with van der Waals surface area (Å²) in [5.74, 6) is 0.921. The molecule has 6 heteroatoms. The van der Waals surface area contributed by atoms with E-state index in [1.807, 2.05) is 6.07 Å². The van der Waals surface area contributed by atoms with E-state index in [-0.39, 0.29) is 11.9 Å². The standard InChI is InChI=1S/C15H15FN4O/c16-12-4-1-3-11(7-12)13-5-2-6-20(13)15-9-17-14(8-18-15)19-10-21/h1,3-4,7-10,13H,2,5-6H2,(H,17,19,21). The average molecular weight is 286 g/mol. The SMILES string of the molecule is O=CNc1cnc(N2CCCC2c2cccc(F)c2)cn1. The van der Waals surface area contributed by atoms with Crippen LogP contribution in [0.5, 0.6) is 0 Å². The lowest BCUT2D eigenvalue weighted by Crippen LogP contribution is -2.23. The second-order valence-electron chi connectivity index (χ2n) is 4.93. The van der Waals surface area contributed by atoms with Crippen LogP contribution in [0.3, 0.4) is 0 Å². The molecule has 3 rings (SSSR count). The number of hydrogen-bond donors (Lipinski definition) is 1. The Hall–Kier alpha value is -2.50. The maximum absolute atomic E-state index is 13.4. The first kappa shape index (κ1) is 13.5. The minimum absolute atomic E-state index is 0.111. The molecule has 2 aromatic rings. The fourth-order valence-corrected chi connectivity index (χ4v) is 2.71. The number of anilines is 2. The summed E-state index contributed by atoms with van der Waals surface area (Å²) in [7, 11) is 0. The van der Waals surface area contributed by atoms with Crippen LogP contribution in [0.1, 0.15) is 24.4 Å². The molecule has 1 N–H and O–H groups in total. The Balaban J connectivity index is 1.85.